The van der Waals surface area contributed by atoms with E-state index in [1.165, 1.54) is 4.31 Å². The standard InChI is InChI=1S/C42H47ClN2O7S/c1-5-40(50-4)37-17-10-32(37)26-44-27-42(38-18-11-33(43)22-31(38)20-21-52-42)28-51-41-19-16-36(23-39(41)44)53(46,47)45(24-29-6-12-34(48-2)13-7-29)25-30-8-14-35(49-3)15-9-30/h5-9,11-16,18-19,22-23,32,37,40H,1,10,17,20-21,24-28H2,2-4H3/t32-,37+,40+,42+/m0/s1. The summed E-state index contributed by atoms with van der Waals surface area (Å²) >= 11 is 6.45. The van der Waals surface area contributed by atoms with Gasteiger partial charge in [-0.25, -0.2) is 8.42 Å². The lowest BCUT2D eigenvalue weighted by atomic mass is 9.70. The molecule has 0 N–H and O–H groups in total. The largest absolute Gasteiger partial charge is 0.497 e. The lowest BCUT2D eigenvalue weighted by Crippen LogP contribution is -2.51. The number of benzene rings is 4. The fourth-order valence-corrected chi connectivity index (χ4v) is 9.58. The smallest absolute Gasteiger partial charge is 0.243 e. The highest BCUT2D eigenvalue weighted by molar-refractivity contribution is 7.89. The van der Waals surface area contributed by atoms with E-state index < -0.39 is 15.6 Å². The van der Waals surface area contributed by atoms with Crippen LogP contribution in [0.15, 0.2) is 102 Å². The lowest BCUT2D eigenvalue weighted by molar-refractivity contribution is -0.0796. The summed E-state index contributed by atoms with van der Waals surface area (Å²) < 4.78 is 60.9. The first-order chi connectivity index (χ1) is 25.7. The van der Waals surface area contributed by atoms with Crippen molar-refractivity contribution in [1.29, 1.82) is 0 Å². The van der Waals surface area contributed by atoms with Crippen molar-refractivity contribution in [2.75, 3.05) is 52.5 Å². The Morgan fingerprint density at radius 1 is 0.943 bits per heavy atom. The zero-order valence-corrected chi connectivity index (χ0v) is 32.1. The molecule has 0 unspecified atom stereocenters. The van der Waals surface area contributed by atoms with Gasteiger partial charge in [-0.05, 0) is 108 Å². The molecule has 2 heterocycles. The van der Waals surface area contributed by atoms with Gasteiger partial charge in [0.1, 0.15) is 29.5 Å². The molecule has 1 fully saturated rings. The summed E-state index contributed by atoms with van der Waals surface area (Å²) in [4.78, 5) is 2.46. The van der Waals surface area contributed by atoms with Gasteiger partial charge in [0.25, 0.3) is 0 Å². The second kappa shape index (κ2) is 15.7. The molecule has 4 aromatic rings. The van der Waals surface area contributed by atoms with Gasteiger partial charge in [-0.1, -0.05) is 48.0 Å². The van der Waals surface area contributed by atoms with Crippen LogP contribution < -0.4 is 19.1 Å². The van der Waals surface area contributed by atoms with E-state index in [-0.39, 0.29) is 30.7 Å². The van der Waals surface area contributed by atoms with Crippen LogP contribution in [0.4, 0.5) is 5.69 Å². The van der Waals surface area contributed by atoms with Crippen molar-refractivity contribution in [3.05, 3.63) is 125 Å². The van der Waals surface area contributed by atoms with Gasteiger partial charge in [-0.3, -0.25) is 0 Å². The van der Waals surface area contributed by atoms with Crippen LogP contribution in [-0.2, 0) is 44.6 Å². The minimum atomic E-state index is -4.03. The highest BCUT2D eigenvalue weighted by Crippen LogP contribution is 2.46. The van der Waals surface area contributed by atoms with Crippen LogP contribution in [0.5, 0.6) is 17.2 Å². The van der Waals surface area contributed by atoms with Crippen LogP contribution in [0.3, 0.4) is 0 Å². The molecule has 11 heteroatoms. The molecule has 4 aromatic carbocycles. The SMILES string of the molecule is C=C[C@@H](OC)[C@@H]1CC[C@H]1CN1C[C@]2(COc3ccc(S(=O)(=O)N(Cc4ccc(OC)cc4)Cc4ccc(OC)cc4)cc31)OCCc1cc(Cl)ccc12. The Hall–Kier alpha value is -4.06. The highest BCUT2D eigenvalue weighted by atomic mass is 35.5. The Bertz CT molecular complexity index is 1970. The fraction of sp³-hybridized carbons (Fsp3) is 0.381. The molecule has 0 radical (unpaired) electrons. The normalized spacial score (nSPS) is 21.5. The third kappa shape index (κ3) is 7.66. The Labute approximate surface area is 318 Å². The van der Waals surface area contributed by atoms with E-state index in [4.69, 9.17) is 35.3 Å². The second-order valence-corrected chi connectivity index (χ2v) is 16.5. The van der Waals surface area contributed by atoms with E-state index in [2.05, 4.69) is 11.5 Å². The number of methoxy groups -OCH3 is 3. The Kier molecular flexibility index (Phi) is 11.1. The predicted octanol–water partition coefficient (Wildman–Crippen LogP) is 7.64. The molecule has 4 atom stereocenters. The maximum absolute atomic E-state index is 14.8. The molecule has 3 aliphatic rings. The van der Waals surface area contributed by atoms with Crippen molar-refractivity contribution in [3.8, 4) is 17.2 Å². The maximum Gasteiger partial charge on any atom is 0.243 e. The first kappa shape index (κ1) is 37.3. The number of anilines is 1. The highest BCUT2D eigenvalue weighted by Gasteiger charge is 2.45. The minimum Gasteiger partial charge on any atom is -0.497 e. The van der Waals surface area contributed by atoms with E-state index in [9.17, 15) is 8.42 Å². The molecular formula is C42H47ClN2O7S. The van der Waals surface area contributed by atoms with Gasteiger partial charge in [-0.2, -0.15) is 4.31 Å². The van der Waals surface area contributed by atoms with Gasteiger partial charge >= 0.3 is 0 Å². The van der Waals surface area contributed by atoms with E-state index in [1.54, 1.807) is 39.5 Å². The molecule has 53 heavy (non-hydrogen) atoms. The summed E-state index contributed by atoms with van der Waals surface area (Å²) in [7, 11) is 0.918. The molecule has 9 nitrogen and oxygen atoms in total. The average Bonchev–Trinajstić information content (AvgIpc) is 3.32. The van der Waals surface area contributed by atoms with Gasteiger partial charge in [0.15, 0.2) is 0 Å². The van der Waals surface area contributed by atoms with Gasteiger partial charge in [0, 0.05) is 31.8 Å². The summed E-state index contributed by atoms with van der Waals surface area (Å²) in [6, 6.07) is 26.1. The summed E-state index contributed by atoms with van der Waals surface area (Å²) in [6.45, 7) is 6.31. The Morgan fingerprint density at radius 3 is 2.21 bits per heavy atom. The van der Waals surface area contributed by atoms with Crippen LogP contribution in [0, 0.1) is 11.8 Å². The first-order valence-corrected chi connectivity index (χ1v) is 19.8. The van der Waals surface area contributed by atoms with Crippen LogP contribution >= 0.6 is 11.6 Å². The zero-order valence-electron chi connectivity index (χ0n) is 30.5. The quantitative estimate of drug-likeness (QED) is 0.129. The third-order valence-electron chi connectivity index (χ3n) is 11.0. The van der Waals surface area contributed by atoms with Gasteiger partial charge < -0.3 is 28.6 Å². The van der Waals surface area contributed by atoms with Crippen LogP contribution in [-0.4, -0.2) is 66.5 Å². The van der Waals surface area contributed by atoms with Crippen molar-refractivity contribution in [3.63, 3.8) is 0 Å². The number of ether oxygens (including phenoxy) is 5. The molecule has 1 spiro atoms. The van der Waals surface area contributed by atoms with E-state index in [0.29, 0.717) is 53.8 Å². The molecule has 7 rings (SSSR count). The van der Waals surface area contributed by atoms with Crippen molar-refractivity contribution in [2.45, 2.75) is 49.0 Å². The topological polar surface area (TPSA) is 86.8 Å². The number of fused-ring (bicyclic) bond motifs is 3. The molecular weight excluding hydrogens is 712 g/mol. The summed E-state index contributed by atoms with van der Waals surface area (Å²) in [5.41, 5.74) is 3.81. The predicted molar refractivity (Wildman–Crippen MR) is 207 cm³/mol. The zero-order chi connectivity index (χ0) is 37.2. The van der Waals surface area contributed by atoms with E-state index >= 15 is 0 Å². The number of halogens is 1. The van der Waals surface area contributed by atoms with Gasteiger partial charge in [0.05, 0.1) is 44.1 Å². The van der Waals surface area contributed by atoms with Gasteiger partial charge in [-0.15, -0.1) is 6.58 Å². The summed E-state index contributed by atoms with van der Waals surface area (Å²) in [5.74, 6) is 2.62. The second-order valence-electron chi connectivity index (χ2n) is 14.1. The number of hydrogen-bond acceptors (Lipinski definition) is 8. The van der Waals surface area contributed by atoms with Crippen molar-refractivity contribution >= 4 is 27.3 Å². The lowest BCUT2D eigenvalue weighted by Gasteiger charge is -2.45. The molecule has 0 bridgehead atoms. The Morgan fingerprint density at radius 2 is 1.62 bits per heavy atom. The Balaban J connectivity index is 1.27. The average molecular weight is 759 g/mol. The molecule has 0 saturated heterocycles. The minimum absolute atomic E-state index is 0.0598. The monoisotopic (exact) mass is 758 g/mol. The molecule has 0 aromatic heterocycles. The van der Waals surface area contributed by atoms with Crippen LogP contribution in [0.1, 0.15) is 35.1 Å². The molecule has 0 amide bonds. The van der Waals surface area contributed by atoms with Crippen molar-refractivity contribution < 1.29 is 32.1 Å². The van der Waals surface area contributed by atoms with Crippen molar-refractivity contribution in [1.82, 2.24) is 4.31 Å². The number of rotatable bonds is 13. The number of hydrogen-bond donors (Lipinski definition) is 0. The molecule has 2 aliphatic heterocycles. The third-order valence-corrected chi connectivity index (χ3v) is 13.0. The molecule has 1 aliphatic carbocycles. The van der Waals surface area contributed by atoms with E-state index in [0.717, 1.165) is 47.2 Å². The first-order valence-electron chi connectivity index (χ1n) is 18.0. The maximum atomic E-state index is 14.8. The summed E-state index contributed by atoms with van der Waals surface area (Å²) in [5, 5.41) is 0.687. The van der Waals surface area contributed by atoms with Crippen molar-refractivity contribution in [2.24, 2.45) is 11.8 Å². The van der Waals surface area contributed by atoms with Crippen LogP contribution in [0.25, 0.3) is 0 Å². The fourth-order valence-electron chi connectivity index (χ4n) is 7.95. The van der Waals surface area contributed by atoms with Crippen LogP contribution in [0.2, 0.25) is 5.02 Å². The number of nitrogens with zero attached hydrogens (tertiary/aromatic N) is 2. The van der Waals surface area contributed by atoms with Gasteiger partial charge in [0.2, 0.25) is 10.0 Å². The number of sulfonamides is 1. The molecule has 280 valence electrons. The molecule has 1 saturated carbocycles. The summed E-state index contributed by atoms with van der Waals surface area (Å²) in [6.07, 6.45) is 4.64. The van der Waals surface area contributed by atoms with E-state index in [1.807, 2.05) is 72.8 Å².